The Morgan fingerprint density at radius 2 is 1.61 bits per heavy atom. The molecule has 2 rings (SSSR count). The summed E-state index contributed by atoms with van der Waals surface area (Å²) in [4.78, 5) is 12.7. The minimum absolute atomic E-state index is 0.0764. The number of nitrogens with one attached hydrogen (secondary N) is 1. The Kier molecular flexibility index (Phi) is 13.3. The molecule has 0 radical (unpaired) electrons. The monoisotopic (exact) mass is 552 g/mol. The number of hydrogen-bond acceptors (Lipinski definition) is 6. The second kappa shape index (κ2) is 15.9. The maximum absolute atomic E-state index is 13.7. The maximum atomic E-state index is 13.7. The molecule has 2 atom stereocenters. The number of sulfone groups is 1. The fourth-order valence-electron chi connectivity index (χ4n) is 4.50. The number of carbonyl (C=O) groups excluding carboxylic acids is 1. The third kappa shape index (κ3) is 10.8. The molecule has 0 aliphatic carbocycles. The van der Waals surface area contributed by atoms with E-state index in [0.29, 0.717) is 24.9 Å². The lowest BCUT2D eigenvalue weighted by atomic mass is 10.0. The zero-order valence-electron chi connectivity index (χ0n) is 22.7. The number of esters is 1. The van der Waals surface area contributed by atoms with Gasteiger partial charge in [0.05, 0.1) is 17.4 Å². The van der Waals surface area contributed by atoms with E-state index in [-0.39, 0.29) is 25.1 Å². The SMILES string of the molecule is CCCC(CCC)S(=O)(=O)CCC(=O)OC(CNCc1cccc(CC)c1)C(N)Cc1cc(F)cc(F)c1. The summed E-state index contributed by atoms with van der Waals surface area (Å²) < 4.78 is 58.6. The summed E-state index contributed by atoms with van der Waals surface area (Å²) in [7, 11) is -3.45. The maximum Gasteiger partial charge on any atom is 0.307 e. The van der Waals surface area contributed by atoms with Crippen LogP contribution in [0.2, 0.25) is 0 Å². The van der Waals surface area contributed by atoms with Gasteiger partial charge in [-0.1, -0.05) is 57.9 Å². The van der Waals surface area contributed by atoms with E-state index in [0.717, 1.165) is 30.9 Å². The van der Waals surface area contributed by atoms with E-state index in [1.165, 1.54) is 17.7 Å². The molecule has 38 heavy (non-hydrogen) atoms. The first-order chi connectivity index (χ1) is 18.1. The smallest absolute Gasteiger partial charge is 0.307 e. The summed E-state index contributed by atoms with van der Waals surface area (Å²) in [6.07, 6.45) is 2.50. The molecule has 0 bridgehead atoms. The van der Waals surface area contributed by atoms with Crippen molar-refractivity contribution in [2.24, 2.45) is 5.73 Å². The molecule has 2 aromatic carbocycles. The van der Waals surface area contributed by atoms with Gasteiger partial charge in [0.15, 0.2) is 9.84 Å². The van der Waals surface area contributed by atoms with Crippen LogP contribution in [0.25, 0.3) is 0 Å². The van der Waals surface area contributed by atoms with E-state index in [1.54, 1.807) is 0 Å². The summed E-state index contributed by atoms with van der Waals surface area (Å²) >= 11 is 0. The largest absolute Gasteiger partial charge is 0.459 e. The molecule has 0 heterocycles. The summed E-state index contributed by atoms with van der Waals surface area (Å²) in [5, 5.41) is 2.78. The van der Waals surface area contributed by atoms with Gasteiger partial charge in [-0.15, -0.1) is 0 Å². The molecule has 0 aliphatic heterocycles. The highest BCUT2D eigenvalue weighted by Crippen LogP contribution is 2.18. The quantitative estimate of drug-likeness (QED) is 0.272. The Labute approximate surface area is 226 Å². The second-order valence-electron chi connectivity index (χ2n) is 9.79. The topological polar surface area (TPSA) is 98.5 Å². The number of ether oxygens (including phenoxy) is 1. The van der Waals surface area contributed by atoms with Crippen molar-refractivity contribution in [3.8, 4) is 0 Å². The molecule has 0 fully saturated rings. The van der Waals surface area contributed by atoms with Gasteiger partial charge in [-0.05, 0) is 54.5 Å². The predicted molar refractivity (Wildman–Crippen MR) is 147 cm³/mol. The van der Waals surface area contributed by atoms with Gasteiger partial charge in [-0.2, -0.15) is 0 Å². The van der Waals surface area contributed by atoms with Crippen molar-refractivity contribution < 1.29 is 26.7 Å². The van der Waals surface area contributed by atoms with Gasteiger partial charge in [0.1, 0.15) is 17.7 Å². The average Bonchev–Trinajstić information content (AvgIpc) is 2.86. The highest BCUT2D eigenvalue weighted by molar-refractivity contribution is 7.92. The number of carbonyl (C=O) groups is 1. The van der Waals surface area contributed by atoms with E-state index in [9.17, 15) is 22.0 Å². The molecule has 2 aromatic rings. The first kappa shape index (κ1) is 31.9. The molecule has 0 saturated heterocycles. The summed E-state index contributed by atoms with van der Waals surface area (Å²) in [5.74, 6) is -2.38. The van der Waals surface area contributed by atoms with Crippen LogP contribution < -0.4 is 11.1 Å². The Morgan fingerprint density at radius 1 is 0.974 bits per heavy atom. The van der Waals surface area contributed by atoms with Gasteiger partial charge in [0, 0.05) is 25.2 Å². The number of halogens is 2. The van der Waals surface area contributed by atoms with Crippen LogP contribution in [0.15, 0.2) is 42.5 Å². The third-order valence-corrected chi connectivity index (χ3v) is 8.81. The fourth-order valence-corrected chi connectivity index (χ4v) is 6.47. The lowest BCUT2D eigenvalue weighted by molar-refractivity contribution is -0.149. The van der Waals surface area contributed by atoms with Crippen molar-refractivity contribution in [3.63, 3.8) is 0 Å². The van der Waals surface area contributed by atoms with Crippen molar-refractivity contribution in [1.29, 1.82) is 0 Å². The highest BCUT2D eigenvalue weighted by atomic mass is 32.2. The van der Waals surface area contributed by atoms with Crippen LogP contribution in [0.4, 0.5) is 8.78 Å². The highest BCUT2D eigenvalue weighted by Gasteiger charge is 2.27. The van der Waals surface area contributed by atoms with Crippen LogP contribution in [0, 0.1) is 11.6 Å². The van der Waals surface area contributed by atoms with Gasteiger partial charge in [0.25, 0.3) is 0 Å². The number of rotatable bonds is 17. The number of benzene rings is 2. The van der Waals surface area contributed by atoms with Crippen LogP contribution in [-0.4, -0.2) is 44.1 Å². The predicted octanol–water partition coefficient (Wildman–Crippen LogP) is 4.87. The molecule has 0 saturated carbocycles. The molecule has 212 valence electrons. The summed E-state index contributed by atoms with van der Waals surface area (Å²) in [5.41, 5.74) is 8.95. The van der Waals surface area contributed by atoms with Crippen molar-refractivity contribution in [3.05, 3.63) is 70.8 Å². The van der Waals surface area contributed by atoms with E-state index in [1.807, 2.05) is 32.0 Å². The molecule has 0 spiro atoms. The Morgan fingerprint density at radius 3 is 2.21 bits per heavy atom. The Bertz CT molecular complexity index is 1100. The van der Waals surface area contributed by atoms with Gasteiger partial charge >= 0.3 is 5.97 Å². The van der Waals surface area contributed by atoms with Gasteiger partial charge in [-0.25, -0.2) is 17.2 Å². The lowest BCUT2D eigenvalue weighted by Gasteiger charge is -2.25. The summed E-state index contributed by atoms with van der Waals surface area (Å²) in [6.45, 7) is 6.65. The minimum Gasteiger partial charge on any atom is -0.459 e. The third-order valence-electron chi connectivity index (χ3n) is 6.55. The second-order valence-corrected chi connectivity index (χ2v) is 12.2. The first-order valence-corrected chi connectivity index (χ1v) is 15.2. The minimum atomic E-state index is -3.45. The van der Waals surface area contributed by atoms with Crippen molar-refractivity contribution in [1.82, 2.24) is 5.32 Å². The van der Waals surface area contributed by atoms with Crippen molar-refractivity contribution in [2.75, 3.05) is 12.3 Å². The van der Waals surface area contributed by atoms with Crippen molar-refractivity contribution >= 4 is 15.8 Å². The lowest BCUT2D eigenvalue weighted by Crippen LogP contribution is -2.46. The zero-order chi connectivity index (χ0) is 28.1. The van der Waals surface area contributed by atoms with Crippen LogP contribution in [0.5, 0.6) is 0 Å². The van der Waals surface area contributed by atoms with E-state index in [2.05, 4.69) is 18.3 Å². The van der Waals surface area contributed by atoms with E-state index < -0.39 is 44.8 Å². The number of aryl methyl sites for hydroxylation is 1. The first-order valence-electron chi connectivity index (χ1n) is 13.5. The Hall–Kier alpha value is -2.36. The molecule has 2 unspecified atom stereocenters. The Balaban J connectivity index is 2.08. The number of nitrogens with two attached hydrogens (primary N) is 1. The zero-order valence-corrected chi connectivity index (χ0v) is 23.5. The summed E-state index contributed by atoms with van der Waals surface area (Å²) in [6, 6.07) is 10.5. The molecule has 0 aliphatic rings. The standard InChI is InChI=1S/C29H42F2N2O4S/c1-4-8-26(9-5-2)38(35,36)13-12-29(34)37-28(20-33-19-22-11-7-10-21(6-3)14-22)27(32)17-23-15-24(30)18-25(31)16-23/h7,10-11,14-16,18,26-28,33H,4-6,8-9,12-13,17,19-20,32H2,1-3H3. The van der Waals surface area contributed by atoms with E-state index in [4.69, 9.17) is 10.5 Å². The van der Waals surface area contributed by atoms with Gasteiger partial charge in [0.2, 0.25) is 0 Å². The van der Waals surface area contributed by atoms with Crippen molar-refractivity contribution in [2.45, 2.75) is 89.7 Å². The van der Waals surface area contributed by atoms with Crippen LogP contribution >= 0.6 is 0 Å². The van der Waals surface area contributed by atoms with Crippen LogP contribution in [0.3, 0.4) is 0 Å². The number of hydrogen-bond donors (Lipinski definition) is 2. The van der Waals surface area contributed by atoms with Gasteiger partial charge in [-0.3, -0.25) is 4.79 Å². The van der Waals surface area contributed by atoms with Crippen LogP contribution in [-0.2, 0) is 38.8 Å². The average molecular weight is 553 g/mol. The molecular formula is C29H42F2N2O4S. The molecular weight excluding hydrogens is 510 g/mol. The molecule has 0 aromatic heterocycles. The van der Waals surface area contributed by atoms with E-state index >= 15 is 0 Å². The molecule has 6 nitrogen and oxygen atoms in total. The normalized spacial score (nSPS) is 13.4. The van der Waals surface area contributed by atoms with Gasteiger partial charge < -0.3 is 15.8 Å². The fraction of sp³-hybridized carbons (Fsp3) is 0.552. The molecule has 0 amide bonds. The van der Waals surface area contributed by atoms with Crippen LogP contribution in [0.1, 0.15) is 69.6 Å². The molecule has 3 N–H and O–H groups in total. The molecule has 9 heteroatoms.